The number of hydrogen-bond acceptors (Lipinski definition) is 4. The Kier molecular flexibility index (Phi) is 4.88. The smallest absolute Gasteiger partial charge is 0.337 e. The molecule has 0 saturated heterocycles. The minimum atomic E-state index is -1.14. The third-order valence-electron chi connectivity index (χ3n) is 2.92. The molecule has 2 unspecified atom stereocenters. The van der Waals surface area contributed by atoms with Gasteiger partial charge in [-0.1, -0.05) is 6.92 Å². The number of amides is 1. The zero-order valence-corrected chi connectivity index (χ0v) is 11.1. The van der Waals surface area contributed by atoms with Gasteiger partial charge in [0.2, 0.25) is 5.91 Å². The molecule has 0 aliphatic rings. The molecule has 19 heavy (non-hydrogen) atoms. The quantitative estimate of drug-likeness (QED) is 0.746. The van der Waals surface area contributed by atoms with Gasteiger partial charge in [0.05, 0.1) is 24.3 Å². The molecule has 0 radical (unpaired) electrons. The zero-order valence-electron chi connectivity index (χ0n) is 11.1. The highest BCUT2D eigenvalue weighted by molar-refractivity contribution is 6.01. The van der Waals surface area contributed by atoms with Crippen LogP contribution in [0.4, 0.5) is 5.69 Å². The van der Waals surface area contributed by atoms with Gasteiger partial charge in [-0.2, -0.15) is 0 Å². The number of methoxy groups -OCH3 is 1. The van der Waals surface area contributed by atoms with Crippen LogP contribution in [-0.2, 0) is 4.79 Å². The predicted octanol–water partition coefficient (Wildman–Crippen LogP) is 1.32. The van der Waals surface area contributed by atoms with Crippen LogP contribution in [0.2, 0.25) is 0 Å². The van der Waals surface area contributed by atoms with Crippen molar-refractivity contribution in [3.05, 3.63) is 23.8 Å². The van der Waals surface area contributed by atoms with E-state index >= 15 is 0 Å². The summed E-state index contributed by atoms with van der Waals surface area (Å²) in [6, 6.07) is 4.12. The summed E-state index contributed by atoms with van der Waals surface area (Å²) in [5.74, 6) is -1.45. The van der Waals surface area contributed by atoms with Crippen molar-refractivity contribution in [3.8, 4) is 5.75 Å². The molecular formula is C13H18N2O4. The number of ether oxygens (including phenoxy) is 1. The Bertz CT molecular complexity index is 486. The van der Waals surface area contributed by atoms with E-state index in [1.165, 1.54) is 19.2 Å². The highest BCUT2D eigenvalue weighted by Crippen LogP contribution is 2.22. The van der Waals surface area contributed by atoms with E-state index in [-0.39, 0.29) is 23.2 Å². The number of rotatable bonds is 5. The van der Waals surface area contributed by atoms with Gasteiger partial charge in [0.15, 0.2) is 0 Å². The summed E-state index contributed by atoms with van der Waals surface area (Å²) in [6.07, 6.45) is 0. The van der Waals surface area contributed by atoms with Crippen LogP contribution >= 0.6 is 0 Å². The van der Waals surface area contributed by atoms with Gasteiger partial charge in [0.1, 0.15) is 5.75 Å². The number of carboxylic acid groups (broad SMARTS) is 1. The number of carbonyl (C=O) groups is 2. The van der Waals surface area contributed by atoms with Gasteiger partial charge in [-0.3, -0.25) is 4.79 Å². The summed E-state index contributed by atoms with van der Waals surface area (Å²) in [5.41, 5.74) is 5.84. The SMILES string of the molecule is COc1ccc(NC(=O)C(C)C(C)N)c(C(=O)O)c1. The van der Waals surface area contributed by atoms with Crippen LogP contribution in [0, 0.1) is 5.92 Å². The third kappa shape index (κ3) is 3.69. The van der Waals surface area contributed by atoms with E-state index in [1.54, 1.807) is 19.9 Å². The lowest BCUT2D eigenvalue weighted by atomic mass is 10.0. The van der Waals surface area contributed by atoms with Crippen LogP contribution < -0.4 is 15.8 Å². The average Bonchev–Trinajstić information content (AvgIpc) is 2.37. The number of aromatic carboxylic acids is 1. The molecule has 6 heteroatoms. The van der Waals surface area contributed by atoms with Crippen LogP contribution in [0.3, 0.4) is 0 Å². The number of nitrogens with two attached hydrogens (primary N) is 1. The van der Waals surface area contributed by atoms with Gasteiger partial charge in [-0.25, -0.2) is 4.79 Å². The van der Waals surface area contributed by atoms with E-state index < -0.39 is 11.9 Å². The number of benzene rings is 1. The molecule has 1 aromatic carbocycles. The maximum atomic E-state index is 11.9. The Labute approximate surface area is 111 Å². The molecule has 1 aromatic rings. The number of anilines is 1. The largest absolute Gasteiger partial charge is 0.497 e. The molecule has 1 amide bonds. The van der Waals surface area contributed by atoms with E-state index in [1.807, 2.05) is 0 Å². The van der Waals surface area contributed by atoms with Crippen molar-refractivity contribution in [2.24, 2.45) is 11.7 Å². The summed E-state index contributed by atoms with van der Waals surface area (Å²) in [5, 5.41) is 11.7. The summed E-state index contributed by atoms with van der Waals surface area (Å²) >= 11 is 0. The molecule has 0 spiro atoms. The molecule has 0 aliphatic heterocycles. The number of hydrogen-bond donors (Lipinski definition) is 3. The van der Waals surface area contributed by atoms with Crippen LogP contribution in [0.25, 0.3) is 0 Å². The van der Waals surface area contributed by atoms with E-state index in [4.69, 9.17) is 15.6 Å². The second kappa shape index (κ2) is 6.19. The molecule has 0 saturated carbocycles. The van der Waals surface area contributed by atoms with E-state index in [9.17, 15) is 9.59 Å². The molecule has 0 aromatic heterocycles. The number of carbonyl (C=O) groups excluding carboxylic acids is 1. The Morgan fingerprint density at radius 3 is 2.47 bits per heavy atom. The lowest BCUT2D eigenvalue weighted by Gasteiger charge is -2.16. The van der Waals surface area contributed by atoms with Crippen LogP contribution in [0.1, 0.15) is 24.2 Å². The first-order valence-corrected chi connectivity index (χ1v) is 5.84. The molecule has 4 N–H and O–H groups in total. The van der Waals surface area contributed by atoms with Gasteiger partial charge < -0.3 is 20.9 Å². The van der Waals surface area contributed by atoms with Gasteiger partial charge >= 0.3 is 5.97 Å². The van der Waals surface area contributed by atoms with Crippen molar-refractivity contribution >= 4 is 17.6 Å². The van der Waals surface area contributed by atoms with Crippen molar-refractivity contribution in [1.29, 1.82) is 0 Å². The molecular weight excluding hydrogens is 248 g/mol. The molecule has 0 aliphatic carbocycles. The lowest BCUT2D eigenvalue weighted by molar-refractivity contribution is -0.119. The molecule has 0 heterocycles. The van der Waals surface area contributed by atoms with Gasteiger partial charge in [-0.15, -0.1) is 0 Å². The monoisotopic (exact) mass is 266 g/mol. The minimum absolute atomic E-state index is 0.0235. The molecule has 2 atom stereocenters. The minimum Gasteiger partial charge on any atom is -0.497 e. The highest BCUT2D eigenvalue weighted by atomic mass is 16.5. The van der Waals surface area contributed by atoms with Crippen molar-refractivity contribution in [1.82, 2.24) is 0 Å². The summed E-state index contributed by atoms with van der Waals surface area (Å²) < 4.78 is 4.95. The summed E-state index contributed by atoms with van der Waals surface area (Å²) in [7, 11) is 1.44. The fraction of sp³-hybridized carbons (Fsp3) is 0.385. The average molecular weight is 266 g/mol. The second-order valence-corrected chi connectivity index (χ2v) is 4.35. The maximum absolute atomic E-state index is 11.9. The molecule has 0 fully saturated rings. The molecule has 104 valence electrons. The van der Waals surface area contributed by atoms with Crippen molar-refractivity contribution in [2.75, 3.05) is 12.4 Å². The predicted molar refractivity (Wildman–Crippen MR) is 71.4 cm³/mol. The first-order valence-electron chi connectivity index (χ1n) is 5.84. The van der Waals surface area contributed by atoms with E-state index in [2.05, 4.69) is 5.32 Å². The standard InChI is InChI=1S/C13H18N2O4/c1-7(8(2)14)12(16)15-11-5-4-9(19-3)6-10(11)13(17)18/h4-8H,14H2,1-3H3,(H,15,16)(H,17,18). The van der Waals surface area contributed by atoms with Crippen LogP contribution in [0.15, 0.2) is 18.2 Å². The Morgan fingerprint density at radius 2 is 2.00 bits per heavy atom. The Balaban J connectivity index is 3.01. The Hall–Kier alpha value is -2.08. The van der Waals surface area contributed by atoms with E-state index in [0.29, 0.717) is 5.75 Å². The normalized spacial score (nSPS) is 13.5. The fourth-order valence-electron chi connectivity index (χ4n) is 1.42. The van der Waals surface area contributed by atoms with Gasteiger partial charge in [0.25, 0.3) is 0 Å². The highest BCUT2D eigenvalue weighted by Gasteiger charge is 2.20. The lowest BCUT2D eigenvalue weighted by Crippen LogP contribution is -2.34. The van der Waals surface area contributed by atoms with Crippen molar-refractivity contribution < 1.29 is 19.4 Å². The summed E-state index contributed by atoms with van der Waals surface area (Å²) in [4.78, 5) is 23.0. The fourth-order valence-corrected chi connectivity index (χ4v) is 1.42. The first kappa shape index (κ1) is 15.0. The maximum Gasteiger partial charge on any atom is 0.337 e. The van der Waals surface area contributed by atoms with Crippen molar-refractivity contribution in [2.45, 2.75) is 19.9 Å². The Morgan fingerprint density at radius 1 is 1.37 bits per heavy atom. The first-order chi connectivity index (χ1) is 8.86. The molecule has 6 nitrogen and oxygen atoms in total. The van der Waals surface area contributed by atoms with E-state index in [0.717, 1.165) is 0 Å². The van der Waals surface area contributed by atoms with Crippen molar-refractivity contribution in [3.63, 3.8) is 0 Å². The number of nitrogens with one attached hydrogen (secondary N) is 1. The molecule has 1 rings (SSSR count). The zero-order chi connectivity index (χ0) is 14.6. The summed E-state index contributed by atoms with van der Waals surface area (Å²) in [6.45, 7) is 3.40. The van der Waals surface area contributed by atoms with Gasteiger partial charge in [-0.05, 0) is 25.1 Å². The molecule has 0 bridgehead atoms. The van der Waals surface area contributed by atoms with Crippen LogP contribution in [-0.4, -0.2) is 30.1 Å². The van der Waals surface area contributed by atoms with Gasteiger partial charge in [0, 0.05) is 6.04 Å². The third-order valence-corrected chi connectivity index (χ3v) is 2.92. The second-order valence-electron chi connectivity index (χ2n) is 4.35. The number of carboxylic acids is 1. The topological polar surface area (TPSA) is 102 Å². The van der Waals surface area contributed by atoms with Crippen LogP contribution in [0.5, 0.6) is 5.75 Å².